The maximum absolute atomic E-state index is 12.5. The van der Waals surface area contributed by atoms with Crippen LogP contribution in [0.3, 0.4) is 0 Å². The fraction of sp³-hybridized carbons (Fsp3) is 0.632. The summed E-state index contributed by atoms with van der Waals surface area (Å²) < 4.78 is 5.57. The molecule has 1 amide bonds. The molecule has 1 heterocycles. The van der Waals surface area contributed by atoms with E-state index in [1.807, 2.05) is 20.8 Å². The topological polar surface area (TPSA) is 41.6 Å². The number of hydrogen-bond acceptors (Lipinski definition) is 3. The Kier molecular flexibility index (Phi) is 4.37. The van der Waals surface area contributed by atoms with Crippen LogP contribution in [0.1, 0.15) is 51.7 Å². The number of benzene rings is 1. The summed E-state index contributed by atoms with van der Waals surface area (Å²) in [5.41, 5.74) is 3.03. The van der Waals surface area contributed by atoms with Gasteiger partial charge >= 0.3 is 6.09 Å². The molecule has 23 heavy (non-hydrogen) atoms. The Morgan fingerprint density at radius 2 is 2.13 bits per heavy atom. The average molecular weight is 316 g/mol. The molecular weight excluding hydrogens is 288 g/mol. The van der Waals surface area contributed by atoms with E-state index in [1.165, 1.54) is 24.0 Å². The highest BCUT2D eigenvalue weighted by Gasteiger charge is 2.31. The van der Waals surface area contributed by atoms with E-state index in [0.717, 1.165) is 24.6 Å². The van der Waals surface area contributed by atoms with Gasteiger partial charge < -0.3 is 10.1 Å². The number of nitrogens with one attached hydrogen (secondary N) is 1. The molecule has 4 nitrogen and oxygen atoms in total. The van der Waals surface area contributed by atoms with E-state index in [9.17, 15) is 4.79 Å². The summed E-state index contributed by atoms with van der Waals surface area (Å²) >= 11 is 0. The minimum absolute atomic E-state index is 0.237. The molecular formula is C19H28N2O2. The quantitative estimate of drug-likeness (QED) is 0.917. The maximum atomic E-state index is 12.5. The molecule has 3 rings (SSSR count). The van der Waals surface area contributed by atoms with Crippen LogP contribution >= 0.6 is 0 Å². The van der Waals surface area contributed by atoms with Gasteiger partial charge in [0.1, 0.15) is 5.60 Å². The second-order valence-corrected chi connectivity index (χ2v) is 7.81. The van der Waals surface area contributed by atoms with Gasteiger partial charge in [-0.1, -0.05) is 18.2 Å². The Morgan fingerprint density at radius 3 is 2.78 bits per heavy atom. The molecule has 1 atom stereocenters. The van der Waals surface area contributed by atoms with E-state index >= 15 is 0 Å². The number of ether oxygens (including phenoxy) is 1. The number of nitrogens with zero attached hydrogens (tertiary/aromatic N) is 1. The Bertz CT molecular complexity index is 588. The lowest BCUT2D eigenvalue weighted by molar-refractivity contribution is 0.0583. The van der Waals surface area contributed by atoms with E-state index in [1.54, 1.807) is 4.90 Å². The first-order valence-electron chi connectivity index (χ1n) is 8.70. The first-order chi connectivity index (χ1) is 10.8. The number of rotatable bonds is 4. The Hall–Kier alpha value is -1.55. The lowest BCUT2D eigenvalue weighted by Gasteiger charge is -2.26. The Balaban J connectivity index is 1.75. The van der Waals surface area contributed by atoms with Gasteiger partial charge in [0.25, 0.3) is 0 Å². The Labute approximate surface area is 139 Å². The summed E-state index contributed by atoms with van der Waals surface area (Å²) in [6.45, 7) is 9.50. The van der Waals surface area contributed by atoms with E-state index in [2.05, 4.69) is 30.4 Å². The third-order valence-corrected chi connectivity index (χ3v) is 4.64. The molecule has 1 aromatic carbocycles. The van der Waals surface area contributed by atoms with Gasteiger partial charge in [0.05, 0.1) is 5.69 Å². The van der Waals surface area contributed by atoms with Crippen LogP contribution in [0.15, 0.2) is 18.2 Å². The summed E-state index contributed by atoms with van der Waals surface area (Å²) in [6.07, 6.45) is 3.34. The third-order valence-electron chi connectivity index (χ3n) is 4.64. The monoisotopic (exact) mass is 316 g/mol. The van der Waals surface area contributed by atoms with E-state index < -0.39 is 5.60 Å². The van der Waals surface area contributed by atoms with Crippen molar-refractivity contribution in [3.8, 4) is 0 Å². The van der Waals surface area contributed by atoms with Crippen LogP contribution in [0.5, 0.6) is 0 Å². The van der Waals surface area contributed by atoms with Crippen molar-refractivity contribution >= 4 is 11.8 Å². The van der Waals surface area contributed by atoms with Gasteiger partial charge in [-0.3, -0.25) is 4.90 Å². The Morgan fingerprint density at radius 1 is 1.39 bits per heavy atom. The van der Waals surface area contributed by atoms with Crippen molar-refractivity contribution in [1.29, 1.82) is 0 Å². The molecule has 126 valence electrons. The summed E-state index contributed by atoms with van der Waals surface area (Å²) in [5.74, 6) is 0.828. The molecule has 0 spiro atoms. The first kappa shape index (κ1) is 16.3. The highest BCUT2D eigenvalue weighted by atomic mass is 16.6. The zero-order valence-corrected chi connectivity index (χ0v) is 14.7. The van der Waals surface area contributed by atoms with Crippen molar-refractivity contribution in [2.75, 3.05) is 11.4 Å². The number of anilines is 1. The minimum Gasteiger partial charge on any atom is -0.443 e. The van der Waals surface area contributed by atoms with E-state index in [4.69, 9.17) is 4.74 Å². The fourth-order valence-electron chi connectivity index (χ4n) is 3.21. The van der Waals surface area contributed by atoms with Gasteiger partial charge in [0, 0.05) is 19.1 Å². The summed E-state index contributed by atoms with van der Waals surface area (Å²) in [7, 11) is 0. The molecule has 1 aromatic rings. The zero-order chi connectivity index (χ0) is 16.6. The van der Waals surface area contributed by atoms with Gasteiger partial charge in [-0.05, 0) is 64.0 Å². The number of para-hydroxylation sites is 1. The van der Waals surface area contributed by atoms with Crippen LogP contribution in [-0.2, 0) is 17.7 Å². The van der Waals surface area contributed by atoms with Crippen LogP contribution in [-0.4, -0.2) is 24.3 Å². The van der Waals surface area contributed by atoms with Crippen molar-refractivity contribution < 1.29 is 9.53 Å². The molecule has 0 aromatic heterocycles. The molecule has 1 fully saturated rings. The van der Waals surface area contributed by atoms with Crippen LogP contribution in [0, 0.1) is 5.92 Å². The lowest BCUT2D eigenvalue weighted by atomic mass is 10.1. The largest absolute Gasteiger partial charge is 0.443 e. The number of carbonyl (C=O) groups excluding carboxylic acids is 1. The summed E-state index contributed by atoms with van der Waals surface area (Å²) in [4.78, 5) is 14.3. The molecule has 1 aliphatic heterocycles. The van der Waals surface area contributed by atoms with Crippen molar-refractivity contribution in [3.63, 3.8) is 0 Å². The normalized spacial score (nSPS) is 18.7. The first-order valence-corrected chi connectivity index (χ1v) is 8.70. The van der Waals surface area contributed by atoms with Gasteiger partial charge in [0.2, 0.25) is 0 Å². The van der Waals surface area contributed by atoms with Gasteiger partial charge in [-0.15, -0.1) is 0 Å². The predicted octanol–water partition coefficient (Wildman–Crippen LogP) is 3.87. The molecule has 4 heteroatoms. The molecule has 1 saturated carbocycles. The molecule has 1 unspecified atom stereocenters. The van der Waals surface area contributed by atoms with Crippen molar-refractivity contribution in [2.45, 2.75) is 65.1 Å². The molecule has 1 aliphatic carbocycles. The lowest BCUT2D eigenvalue weighted by Crippen LogP contribution is -2.36. The number of amides is 1. The molecule has 0 saturated heterocycles. The SMILES string of the molecule is CC(NCc1cccc2c1N(C(=O)OC(C)(C)C)CC2)C1CC1. The van der Waals surface area contributed by atoms with Crippen LogP contribution in [0.4, 0.5) is 10.5 Å². The predicted molar refractivity (Wildman–Crippen MR) is 92.8 cm³/mol. The summed E-state index contributed by atoms with van der Waals surface area (Å²) in [5, 5.41) is 3.62. The van der Waals surface area contributed by atoms with E-state index in [-0.39, 0.29) is 6.09 Å². The highest BCUT2D eigenvalue weighted by molar-refractivity contribution is 5.91. The molecule has 1 N–H and O–H groups in total. The minimum atomic E-state index is -0.465. The van der Waals surface area contributed by atoms with Gasteiger partial charge in [-0.25, -0.2) is 4.79 Å². The molecule has 0 bridgehead atoms. The third kappa shape index (κ3) is 3.86. The number of hydrogen-bond donors (Lipinski definition) is 1. The van der Waals surface area contributed by atoms with E-state index in [0.29, 0.717) is 12.6 Å². The second-order valence-electron chi connectivity index (χ2n) is 7.81. The molecule has 2 aliphatic rings. The number of carbonyl (C=O) groups is 1. The van der Waals surface area contributed by atoms with Gasteiger partial charge in [0.15, 0.2) is 0 Å². The number of fused-ring (bicyclic) bond motifs is 1. The van der Waals surface area contributed by atoms with Crippen molar-refractivity contribution in [2.24, 2.45) is 5.92 Å². The fourth-order valence-corrected chi connectivity index (χ4v) is 3.21. The zero-order valence-electron chi connectivity index (χ0n) is 14.7. The van der Waals surface area contributed by atoms with Crippen LogP contribution < -0.4 is 10.2 Å². The average Bonchev–Trinajstić information content (AvgIpc) is 3.22. The van der Waals surface area contributed by atoms with Crippen molar-refractivity contribution in [1.82, 2.24) is 5.32 Å². The van der Waals surface area contributed by atoms with Crippen LogP contribution in [0.2, 0.25) is 0 Å². The van der Waals surface area contributed by atoms with Crippen LogP contribution in [0.25, 0.3) is 0 Å². The molecule has 0 radical (unpaired) electrons. The van der Waals surface area contributed by atoms with Gasteiger partial charge in [-0.2, -0.15) is 0 Å². The highest BCUT2D eigenvalue weighted by Crippen LogP contribution is 2.35. The maximum Gasteiger partial charge on any atom is 0.414 e. The standard InChI is InChI=1S/C19H28N2O2/c1-13(14-8-9-14)20-12-16-7-5-6-15-10-11-21(17(15)16)18(22)23-19(2,3)4/h5-7,13-14,20H,8-12H2,1-4H3. The second kappa shape index (κ2) is 6.16. The smallest absolute Gasteiger partial charge is 0.414 e. The van der Waals surface area contributed by atoms with Crippen molar-refractivity contribution in [3.05, 3.63) is 29.3 Å². The summed E-state index contributed by atoms with van der Waals surface area (Å²) in [6, 6.07) is 6.87.